The predicted molar refractivity (Wildman–Crippen MR) is 77.5 cm³/mol. The number of aryl methyl sites for hydroxylation is 2. The molecule has 0 atom stereocenters. The van der Waals surface area contributed by atoms with Crippen LogP contribution in [0.4, 0.5) is 0 Å². The molecule has 2 aromatic carbocycles. The van der Waals surface area contributed by atoms with E-state index in [0.717, 1.165) is 30.2 Å². The standard InChI is InChI=1S/C17H15NO/c19-13-15-6-7-17-16(12-15)9-11-18(17)10-8-14-4-2-1-3-5-14/h1-7,9,11-13H,8,10H2. The van der Waals surface area contributed by atoms with Crippen molar-refractivity contribution < 1.29 is 4.79 Å². The average molecular weight is 249 g/mol. The molecule has 0 fully saturated rings. The molecule has 3 aromatic rings. The molecule has 19 heavy (non-hydrogen) atoms. The Hall–Kier alpha value is -2.35. The number of hydrogen-bond acceptors (Lipinski definition) is 1. The summed E-state index contributed by atoms with van der Waals surface area (Å²) in [6.07, 6.45) is 3.99. The van der Waals surface area contributed by atoms with Crippen molar-refractivity contribution >= 4 is 17.2 Å². The first kappa shape index (κ1) is 11.7. The lowest BCUT2D eigenvalue weighted by Crippen LogP contribution is -1.99. The molecule has 0 bridgehead atoms. The lowest BCUT2D eigenvalue weighted by atomic mass is 10.1. The Labute approximate surface area is 112 Å². The van der Waals surface area contributed by atoms with Crippen LogP contribution in [0.3, 0.4) is 0 Å². The van der Waals surface area contributed by atoms with Gasteiger partial charge in [0.05, 0.1) is 0 Å². The highest BCUT2D eigenvalue weighted by atomic mass is 16.1. The Bertz CT molecular complexity index is 698. The van der Waals surface area contributed by atoms with Gasteiger partial charge in [-0.25, -0.2) is 0 Å². The van der Waals surface area contributed by atoms with Crippen molar-refractivity contribution in [2.24, 2.45) is 0 Å². The van der Waals surface area contributed by atoms with Gasteiger partial charge in [0, 0.05) is 29.2 Å². The molecule has 0 aliphatic heterocycles. The van der Waals surface area contributed by atoms with Crippen LogP contribution < -0.4 is 0 Å². The van der Waals surface area contributed by atoms with Crippen LogP contribution in [0.2, 0.25) is 0 Å². The van der Waals surface area contributed by atoms with E-state index in [2.05, 4.69) is 41.1 Å². The van der Waals surface area contributed by atoms with E-state index in [4.69, 9.17) is 0 Å². The van der Waals surface area contributed by atoms with Gasteiger partial charge in [0.2, 0.25) is 0 Å². The molecule has 0 spiro atoms. The van der Waals surface area contributed by atoms with E-state index in [-0.39, 0.29) is 0 Å². The number of aromatic nitrogens is 1. The lowest BCUT2D eigenvalue weighted by Gasteiger charge is -2.05. The van der Waals surface area contributed by atoms with Crippen LogP contribution >= 0.6 is 0 Å². The normalized spacial score (nSPS) is 10.7. The highest BCUT2D eigenvalue weighted by Crippen LogP contribution is 2.17. The van der Waals surface area contributed by atoms with Crippen LogP contribution in [-0.2, 0) is 13.0 Å². The number of benzene rings is 2. The lowest BCUT2D eigenvalue weighted by molar-refractivity contribution is 0.112. The molecular formula is C17H15NO. The van der Waals surface area contributed by atoms with Crippen molar-refractivity contribution in [1.29, 1.82) is 0 Å². The van der Waals surface area contributed by atoms with E-state index in [1.807, 2.05) is 24.3 Å². The Morgan fingerprint density at radius 2 is 1.84 bits per heavy atom. The summed E-state index contributed by atoms with van der Waals surface area (Å²) in [5.41, 5.74) is 3.25. The molecule has 2 heteroatoms. The van der Waals surface area contributed by atoms with Crippen LogP contribution in [0, 0.1) is 0 Å². The minimum atomic E-state index is 0.730. The van der Waals surface area contributed by atoms with Gasteiger partial charge in [-0.05, 0) is 36.2 Å². The van der Waals surface area contributed by atoms with Crippen LogP contribution in [0.5, 0.6) is 0 Å². The molecular weight excluding hydrogens is 234 g/mol. The second kappa shape index (κ2) is 5.11. The second-order valence-electron chi connectivity index (χ2n) is 4.68. The van der Waals surface area contributed by atoms with Crippen molar-refractivity contribution in [1.82, 2.24) is 4.57 Å². The number of nitrogens with zero attached hydrogens (tertiary/aromatic N) is 1. The molecule has 3 rings (SSSR count). The summed E-state index contributed by atoms with van der Waals surface area (Å²) in [4.78, 5) is 10.8. The molecule has 1 heterocycles. The zero-order chi connectivity index (χ0) is 13.1. The maximum atomic E-state index is 10.8. The molecule has 0 aliphatic rings. The van der Waals surface area contributed by atoms with E-state index < -0.39 is 0 Å². The van der Waals surface area contributed by atoms with E-state index in [1.165, 1.54) is 11.1 Å². The van der Waals surface area contributed by atoms with Gasteiger partial charge in [-0.15, -0.1) is 0 Å². The fourth-order valence-electron chi connectivity index (χ4n) is 2.38. The molecule has 0 aliphatic carbocycles. The molecule has 2 nitrogen and oxygen atoms in total. The first-order chi connectivity index (χ1) is 9.36. The third-order valence-corrected chi connectivity index (χ3v) is 3.42. The number of carbonyl (C=O) groups is 1. The highest BCUT2D eigenvalue weighted by molar-refractivity contribution is 5.87. The summed E-state index contributed by atoms with van der Waals surface area (Å²) in [7, 11) is 0. The minimum absolute atomic E-state index is 0.730. The summed E-state index contributed by atoms with van der Waals surface area (Å²) in [5.74, 6) is 0. The second-order valence-corrected chi connectivity index (χ2v) is 4.68. The Balaban J connectivity index is 1.83. The SMILES string of the molecule is O=Cc1ccc2c(ccn2CCc2ccccc2)c1. The number of rotatable bonds is 4. The fourth-order valence-corrected chi connectivity index (χ4v) is 2.38. The fraction of sp³-hybridized carbons (Fsp3) is 0.118. The molecule has 0 amide bonds. The van der Waals surface area contributed by atoms with Crippen LogP contribution in [0.15, 0.2) is 60.8 Å². The summed E-state index contributed by atoms with van der Waals surface area (Å²) < 4.78 is 2.23. The van der Waals surface area contributed by atoms with Crippen molar-refractivity contribution in [3.8, 4) is 0 Å². The maximum Gasteiger partial charge on any atom is 0.150 e. The average Bonchev–Trinajstić information content (AvgIpc) is 2.88. The van der Waals surface area contributed by atoms with Gasteiger partial charge in [0.1, 0.15) is 6.29 Å². The topological polar surface area (TPSA) is 22.0 Å². The van der Waals surface area contributed by atoms with Gasteiger partial charge in [0.25, 0.3) is 0 Å². The van der Waals surface area contributed by atoms with Gasteiger partial charge in [-0.2, -0.15) is 0 Å². The van der Waals surface area contributed by atoms with Gasteiger partial charge >= 0.3 is 0 Å². The zero-order valence-corrected chi connectivity index (χ0v) is 10.6. The van der Waals surface area contributed by atoms with Gasteiger partial charge in [0.15, 0.2) is 0 Å². The summed E-state index contributed by atoms with van der Waals surface area (Å²) in [5, 5.41) is 1.12. The smallest absolute Gasteiger partial charge is 0.150 e. The molecule has 0 radical (unpaired) electrons. The first-order valence-corrected chi connectivity index (χ1v) is 6.45. The summed E-state index contributed by atoms with van der Waals surface area (Å²) in [6.45, 7) is 0.952. The predicted octanol–water partition coefficient (Wildman–Crippen LogP) is 3.70. The molecule has 94 valence electrons. The molecule has 0 saturated heterocycles. The maximum absolute atomic E-state index is 10.8. The van der Waals surface area contributed by atoms with Crippen molar-refractivity contribution in [2.45, 2.75) is 13.0 Å². The Kier molecular flexibility index (Phi) is 3.15. The molecule has 1 aromatic heterocycles. The van der Waals surface area contributed by atoms with Gasteiger partial charge in [-0.3, -0.25) is 4.79 Å². The minimum Gasteiger partial charge on any atom is -0.347 e. The largest absolute Gasteiger partial charge is 0.347 e. The summed E-state index contributed by atoms with van der Waals surface area (Å²) in [6, 6.07) is 18.4. The van der Waals surface area contributed by atoms with Gasteiger partial charge in [-0.1, -0.05) is 30.3 Å². The highest BCUT2D eigenvalue weighted by Gasteiger charge is 2.02. The number of fused-ring (bicyclic) bond motifs is 1. The molecule has 0 unspecified atom stereocenters. The van der Waals surface area contributed by atoms with E-state index in [1.54, 1.807) is 0 Å². The quantitative estimate of drug-likeness (QED) is 0.646. The zero-order valence-electron chi connectivity index (χ0n) is 10.6. The third-order valence-electron chi connectivity index (χ3n) is 3.42. The summed E-state index contributed by atoms with van der Waals surface area (Å²) >= 11 is 0. The van der Waals surface area contributed by atoms with Crippen molar-refractivity contribution in [3.05, 3.63) is 71.9 Å². The van der Waals surface area contributed by atoms with Crippen molar-refractivity contribution in [2.75, 3.05) is 0 Å². The van der Waals surface area contributed by atoms with Gasteiger partial charge < -0.3 is 4.57 Å². The monoisotopic (exact) mass is 249 g/mol. The number of aldehydes is 1. The molecule has 0 N–H and O–H groups in total. The first-order valence-electron chi connectivity index (χ1n) is 6.45. The van der Waals surface area contributed by atoms with Crippen LogP contribution in [-0.4, -0.2) is 10.9 Å². The van der Waals surface area contributed by atoms with E-state index in [9.17, 15) is 4.79 Å². The van der Waals surface area contributed by atoms with Crippen LogP contribution in [0.25, 0.3) is 10.9 Å². The molecule has 0 saturated carbocycles. The number of hydrogen-bond donors (Lipinski definition) is 0. The Morgan fingerprint density at radius 1 is 1.00 bits per heavy atom. The van der Waals surface area contributed by atoms with E-state index in [0.29, 0.717) is 0 Å². The number of carbonyl (C=O) groups excluding carboxylic acids is 1. The van der Waals surface area contributed by atoms with Crippen molar-refractivity contribution in [3.63, 3.8) is 0 Å². The Morgan fingerprint density at radius 3 is 2.63 bits per heavy atom. The van der Waals surface area contributed by atoms with E-state index >= 15 is 0 Å². The third kappa shape index (κ3) is 2.43. The van der Waals surface area contributed by atoms with Crippen LogP contribution in [0.1, 0.15) is 15.9 Å².